The molecule has 0 aliphatic carbocycles. The summed E-state index contributed by atoms with van der Waals surface area (Å²) in [5.74, 6) is -2.41. The standard InChI is InChI=1S/C35H34F5N3O6/c1-20-29(23-12-8-15-28(30(23)37)48-22-18-47-19-22)31(44)43(17-27(21-10-6-5-7-11-21)41-32(45)49-34(2,3)4)33(46)42(20)16-24-25(35(38,39)40)13-9-14-26(24)36/h5-15,22,27H,16-19H2,1-4H3,(H,41,45)/t27-/m0/s1. The molecular weight excluding hydrogens is 653 g/mol. The maximum Gasteiger partial charge on any atom is 0.416 e. The summed E-state index contributed by atoms with van der Waals surface area (Å²) < 4.78 is 90.8. The Kier molecular flexibility index (Phi) is 10.00. The molecule has 5 rings (SSSR count). The molecule has 0 spiro atoms. The number of rotatable bonds is 9. The molecule has 14 heteroatoms. The van der Waals surface area contributed by atoms with Gasteiger partial charge in [0.05, 0.1) is 43.5 Å². The molecule has 3 aromatic carbocycles. The molecule has 1 aromatic heterocycles. The molecule has 1 aliphatic heterocycles. The molecule has 0 saturated carbocycles. The first kappa shape index (κ1) is 35.3. The van der Waals surface area contributed by atoms with Crippen molar-refractivity contribution < 1.29 is 41.0 Å². The number of nitrogens with one attached hydrogen (secondary N) is 1. The van der Waals surface area contributed by atoms with Crippen LogP contribution in [0.4, 0.5) is 26.7 Å². The summed E-state index contributed by atoms with van der Waals surface area (Å²) in [6.07, 6.45) is -6.30. The van der Waals surface area contributed by atoms with Gasteiger partial charge in [0.2, 0.25) is 0 Å². The zero-order valence-electron chi connectivity index (χ0n) is 27.1. The van der Waals surface area contributed by atoms with Crippen LogP contribution in [0.3, 0.4) is 0 Å². The van der Waals surface area contributed by atoms with Gasteiger partial charge in [-0.05, 0) is 51.5 Å². The summed E-state index contributed by atoms with van der Waals surface area (Å²) in [6, 6.07) is 13.6. The van der Waals surface area contributed by atoms with Crippen molar-refractivity contribution in [1.29, 1.82) is 0 Å². The highest BCUT2D eigenvalue weighted by Crippen LogP contribution is 2.34. The topological polar surface area (TPSA) is 101 Å². The summed E-state index contributed by atoms with van der Waals surface area (Å²) >= 11 is 0. The first-order chi connectivity index (χ1) is 23.0. The third kappa shape index (κ3) is 7.85. The third-order valence-corrected chi connectivity index (χ3v) is 7.82. The Labute approximate surface area is 277 Å². The van der Waals surface area contributed by atoms with E-state index in [0.717, 1.165) is 16.7 Å². The van der Waals surface area contributed by atoms with E-state index < -0.39 is 77.1 Å². The summed E-state index contributed by atoms with van der Waals surface area (Å²) in [5.41, 5.74) is -5.65. The number of alkyl carbamates (subject to hydrolysis) is 1. The molecule has 4 aromatic rings. The number of carbonyl (C=O) groups excluding carboxylic acids is 1. The molecular formula is C35H34F5N3O6. The van der Waals surface area contributed by atoms with Gasteiger partial charge in [0, 0.05) is 16.8 Å². The van der Waals surface area contributed by atoms with Crippen molar-refractivity contribution in [2.75, 3.05) is 13.2 Å². The van der Waals surface area contributed by atoms with E-state index in [1.54, 1.807) is 51.1 Å². The lowest BCUT2D eigenvalue weighted by Gasteiger charge is -2.27. The molecule has 1 fully saturated rings. The van der Waals surface area contributed by atoms with Gasteiger partial charge in [-0.2, -0.15) is 13.2 Å². The Morgan fingerprint density at radius 2 is 1.63 bits per heavy atom. The van der Waals surface area contributed by atoms with E-state index in [1.165, 1.54) is 25.1 Å². The fraction of sp³-hybridized carbons (Fsp3) is 0.343. The number of hydrogen-bond acceptors (Lipinski definition) is 6. The quantitative estimate of drug-likeness (QED) is 0.205. The maximum absolute atomic E-state index is 16.1. The molecule has 260 valence electrons. The lowest BCUT2D eigenvalue weighted by atomic mass is 10.0. The highest BCUT2D eigenvalue weighted by atomic mass is 19.4. The van der Waals surface area contributed by atoms with Gasteiger partial charge in [-0.15, -0.1) is 0 Å². The normalized spacial score (nSPS) is 14.2. The van der Waals surface area contributed by atoms with Gasteiger partial charge < -0.3 is 19.5 Å². The molecule has 0 unspecified atom stereocenters. The first-order valence-electron chi connectivity index (χ1n) is 15.3. The van der Waals surface area contributed by atoms with E-state index in [9.17, 15) is 27.6 Å². The summed E-state index contributed by atoms with van der Waals surface area (Å²) in [7, 11) is 0. The van der Waals surface area contributed by atoms with Crippen molar-refractivity contribution in [3.63, 3.8) is 0 Å². The smallest absolute Gasteiger partial charge is 0.416 e. The van der Waals surface area contributed by atoms with Crippen molar-refractivity contribution >= 4 is 6.09 Å². The molecule has 0 bridgehead atoms. The number of alkyl halides is 3. The van der Waals surface area contributed by atoms with Gasteiger partial charge in [-0.25, -0.2) is 18.4 Å². The van der Waals surface area contributed by atoms with E-state index in [-0.39, 0.29) is 35.8 Å². The predicted octanol–water partition coefficient (Wildman–Crippen LogP) is 6.37. The van der Waals surface area contributed by atoms with E-state index in [2.05, 4.69) is 5.32 Å². The number of hydrogen-bond donors (Lipinski definition) is 1. The van der Waals surface area contributed by atoms with Crippen molar-refractivity contribution in [3.8, 4) is 16.9 Å². The zero-order chi connectivity index (χ0) is 35.7. The number of carbonyl (C=O) groups is 1. The molecule has 49 heavy (non-hydrogen) atoms. The summed E-state index contributed by atoms with van der Waals surface area (Å²) in [4.78, 5) is 41.3. The second-order valence-corrected chi connectivity index (χ2v) is 12.5. The van der Waals surface area contributed by atoms with Crippen molar-refractivity contribution in [2.45, 2.75) is 64.7 Å². The van der Waals surface area contributed by atoms with Crippen LogP contribution in [0, 0.1) is 18.6 Å². The molecule has 1 atom stereocenters. The van der Waals surface area contributed by atoms with Gasteiger partial charge in [0.25, 0.3) is 5.56 Å². The van der Waals surface area contributed by atoms with Crippen molar-refractivity contribution in [2.24, 2.45) is 0 Å². The van der Waals surface area contributed by atoms with Gasteiger partial charge >= 0.3 is 18.0 Å². The van der Waals surface area contributed by atoms with Crippen LogP contribution < -0.4 is 21.3 Å². The highest BCUT2D eigenvalue weighted by Gasteiger charge is 2.35. The lowest BCUT2D eigenvalue weighted by molar-refractivity contribution is -0.138. The number of amides is 1. The molecule has 9 nitrogen and oxygen atoms in total. The van der Waals surface area contributed by atoms with Crippen LogP contribution in [-0.4, -0.2) is 40.1 Å². The minimum absolute atomic E-state index is 0.212. The number of ether oxygens (including phenoxy) is 3. The molecule has 1 saturated heterocycles. The fourth-order valence-corrected chi connectivity index (χ4v) is 5.41. The van der Waals surface area contributed by atoms with Gasteiger partial charge in [-0.3, -0.25) is 13.9 Å². The largest absolute Gasteiger partial charge is 0.482 e. The average Bonchev–Trinajstić information content (AvgIpc) is 2.99. The minimum Gasteiger partial charge on any atom is -0.482 e. The van der Waals surface area contributed by atoms with Crippen molar-refractivity contribution in [1.82, 2.24) is 14.5 Å². The van der Waals surface area contributed by atoms with Crippen LogP contribution >= 0.6 is 0 Å². The summed E-state index contributed by atoms with van der Waals surface area (Å²) in [6.45, 7) is 5.12. The second kappa shape index (κ2) is 13.9. The second-order valence-electron chi connectivity index (χ2n) is 12.5. The molecule has 2 heterocycles. The fourth-order valence-electron chi connectivity index (χ4n) is 5.41. The number of aromatic nitrogens is 2. The molecule has 1 amide bonds. The van der Waals surface area contributed by atoms with E-state index in [1.807, 2.05) is 0 Å². The Morgan fingerprint density at radius 3 is 2.24 bits per heavy atom. The maximum atomic E-state index is 16.1. The van der Waals surface area contributed by atoms with Crippen LogP contribution in [0.15, 0.2) is 76.3 Å². The van der Waals surface area contributed by atoms with Crippen LogP contribution in [0.5, 0.6) is 5.75 Å². The van der Waals surface area contributed by atoms with Gasteiger partial charge in [-0.1, -0.05) is 48.5 Å². The monoisotopic (exact) mass is 687 g/mol. The molecule has 0 radical (unpaired) electrons. The van der Waals surface area contributed by atoms with Crippen LogP contribution in [0.2, 0.25) is 0 Å². The highest BCUT2D eigenvalue weighted by molar-refractivity contribution is 5.69. The Morgan fingerprint density at radius 1 is 0.959 bits per heavy atom. The summed E-state index contributed by atoms with van der Waals surface area (Å²) in [5, 5.41) is 2.65. The average molecular weight is 688 g/mol. The van der Waals surface area contributed by atoms with Gasteiger partial charge in [0.1, 0.15) is 17.5 Å². The predicted molar refractivity (Wildman–Crippen MR) is 169 cm³/mol. The number of nitrogens with zero attached hydrogens (tertiary/aromatic N) is 2. The Balaban J connectivity index is 1.72. The first-order valence-corrected chi connectivity index (χ1v) is 15.3. The number of halogens is 5. The SMILES string of the molecule is Cc1c(-c2cccc(OC3COC3)c2F)c(=O)n(C[C@H](NC(=O)OC(C)(C)C)c2ccccc2)c(=O)n1Cc1c(F)cccc1C(F)(F)F. The zero-order valence-corrected chi connectivity index (χ0v) is 27.1. The molecule has 1 aliphatic rings. The van der Waals surface area contributed by atoms with E-state index in [0.29, 0.717) is 16.2 Å². The molecule has 1 N–H and O–H groups in total. The van der Waals surface area contributed by atoms with Crippen molar-refractivity contribution in [3.05, 3.63) is 122 Å². The number of benzene rings is 3. The van der Waals surface area contributed by atoms with Crippen LogP contribution in [0.1, 0.15) is 49.2 Å². The van der Waals surface area contributed by atoms with E-state index in [4.69, 9.17) is 14.2 Å². The minimum atomic E-state index is -4.98. The Hall–Kier alpha value is -4.98. The Bertz CT molecular complexity index is 1960. The van der Waals surface area contributed by atoms with Crippen LogP contribution in [-0.2, 0) is 28.7 Å². The van der Waals surface area contributed by atoms with Crippen LogP contribution in [0.25, 0.3) is 11.1 Å². The van der Waals surface area contributed by atoms with Gasteiger partial charge in [0.15, 0.2) is 11.6 Å². The van der Waals surface area contributed by atoms with E-state index >= 15 is 8.78 Å². The lowest BCUT2D eigenvalue weighted by Crippen LogP contribution is -2.46. The third-order valence-electron chi connectivity index (χ3n) is 7.82.